The van der Waals surface area contributed by atoms with Crippen LogP contribution in [0, 0.1) is 0 Å². The highest BCUT2D eigenvalue weighted by atomic mass is 79.9. The average Bonchev–Trinajstić information content (AvgIpc) is 3.08. The van der Waals surface area contributed by atoms with Gasteiger partial charge in [-0.15, -0.1) is 0 Å². The van der Waals surface area contributed by atoms with E-state index in [1.807, 2.05) is 12.1 Å². The minimum atomic E-state index is -0.608. The van der Waals surface area contributed by atoms with E-state index in [0.29, 0.717) is 48.9 Å². The molecule has 2 amide bonds. The molecule has 0 fully saturated rings. The fraction of sp³-hybridized carbons (Fsp3) is 0.176. The van der Waals surface area contributed by atoms with Crippen LogP contribution in [0.5, 0.6) is 34.5 Å². The summed E-state index contributed by atoms with van der Waals surface area (Å²) in [5.41, 5.74) is 2.46. The Labute approximate surface area is 319 Å². The fourth-order valence-electron chi connectivity index (χ4n) is 4.97. The van der Waals surface area contributed by atoms with Crippen molar-refractivity contribution in [1.82, 2.24) is 10.6 Å². The normalized spacial score (nSPS) is 16.2. The Morgan fingerprint density at radius 1 is 0.540 bits per heavy atom. The van der Waals surface area contributed by atoms with Crippen LogP contribution in [0.2, 0.25) is 0 Å². The number of phenolic OH excluding ortho intramolecular Hbond substituents is 2. The lowest BCUT2D eigenvalue weighted by atomic mass is 10.1. The Morgan fingerprint density at radius 2 is 0.960 bits per heavy atom. The first kappa shape index (κ1) is 37.1. The maximum Gasteiger partial charge on any atom is 0.269 e. The molecule has 3 heterocycles. The van der Waals surface area contributed by atoms with Crippen LogP contribution in [0.1, 0.15) is 22.3 Å². The Balaban J connectivity index is 1.45. The first-order valence-corrected chi connectivity index (χ1v) is 18.1. The second-order valence-corrected chi connectivity index (χ2v) is 14.5. The number of fused-ring (bicyclic) bond motifs is 2. The Bertz CT molecular complexity index is 2020. The fourth-order valence-corrected chi connectivity index (χ4v) is 6.96. The standard InChI is InChI=1S/C34H28Br4N4O8/c35-21-9-17-1-3-27(21)49-29-15-19(11-23(37)31(29)43)6-8-40-34(46)26(42-48)14-20-12-24(38)32(44)30(16-20)50-28-4-2-18(10-22(28)36)13-25(41-47)33(45)39-7-5-17/h1-4,9-12,15-16,43-44,47-48H,5-8,13-14H2,(H,39,45)(H,40,46)/b41-25-,42-26?. The number of ether oxygens (including phenoxy) is 2. The molecule has 0 saturated carbocycles. The van der Waals surface area contributed by atoms with Gasteiger partial charge in [0.15, 0.2) is 23.0 Å². The van der Waals surface area contributed by atoms with Crippen molar-refractivity contribution in [3.05, 3.63) is 101 Å². The summed E-state index contributed by atoms with van der Waals surface area (Å²) < 4.78 is 13.8. The summed E-state index contributed by atoms with van der Waals surface area (Å²) in [5.74, 6) is -0.458. The van der Waals surface area contributed by atoms with Crippen LogP contribution in [-0.4, -0.2) is 57.0 Å². The molecule has 260 valence electrons. The summed E-state index contributed by atoms with van der Waals surface area (Å²) in [6, 6.07) is 16.8. The molecule has 6 N–H and O–H groups in total. The van der Waals surface area contributed by atoms with Crippen LogP contribution in [0.4, 0.5) is 0 Å². The first-order chi connectivity index (χ1) is 23.9. The zero-order valence-electron chi connectivity index (χ0n) is 25.8. The molecule has 0 unspecified atom stereocenters. The third kappa shape index (κ3) is 9.15. The molecule has 12 nitrogen and oxygen atoms in total. The minimum absolute atomic E-state index is 0.0145. The molecule has 0 saturated heterocycles. The topological polar surface area (TPSA) is 182 Å². The third-order valence-corrected chi connectivity index (χ3v) is 9.96. The molecule has 0 radical (unpaired) electrons. The maximum absolute atomic E-state index is 13.0. The van der Waals surface area contributed by atoms with Crippen LogP contribution in [0.15, 0.2) is 88.9 Å². The van der Waals surface area contributed by atoms with Crippen molar-refractivity contribution in [3.8, 4) is 34.5 Å². The molecule has 0 aromatic heterocycles. The number of benzene rings is 4. The Kier molecular flexibility index (Phi) is 12.4. The van der Waals surface area contributed by atoms with Crippen molar-refractivity contribution in [2.24, 2.45) is 10.3 Å². The van der Waals surface area contributed by atoms with Crippen LogP contribution in [0.3, 0.4) is 0 Å². The molecule has 0 atom stereocenters. The van der Waals surface area contributed by atoms with Gasteiger partial charge in [-0.1, -0.05) is 22.4 Å². The van der Waals surface area contributed by atoms with E-state index >= 15 is 0 Å². The van der Waals surface area contributed by atoms with Crippen molar-refractivity contribution in [2.75, 3.05) is 13.1 Å². The van der Waals surface area contributed by atoms with E-state index in [1.54, 1.807) is 42.5 Å². The summed E-state index contributed by atoms with van der Waals surface area (Å²) >= 11 is 13.6. The number of amides is 2. The van der Waals surface area contributed by atoms with E-state index in [1.165, 1.54) is 6.07 Å². The van der Waals surface area contributed by atoms with Gasteiger partial charge in [-0.2, -0.15) is 0 Å². The maximum atomic E-state index is 13.0. The van der Waals surface area contributed by atoms with Gasteiger partial charge in [-0.05, 0) is 147 Å². The van der Waals surface area contributed by atoms with E-state index in [4.69, 9.17) is 9.47 Å². The summed E-state index contributed by atoms with van der Waals surface area (Å²) in [4.78, 5) is 25.9. The van der Waals surface area contributed by atoms with Gasteiger partial charge >= 0.3 is 0 Å². The molecule has 4 aromatic rings. The lowest BCUT2D eigenvalue weighted by molar-refractivity contribution is -0.115. The number of oxime groups is 2. The SMILES string of the molecule is O=C1NCCc2cc(Br)c(O)c(c2)Oc2ccc(cc2Br)CCNC(=O)/C(=N\O)Cc2ccc(c(Br)c2)Oc2cc(cc(Br)c2O)CC1=NO. The van der Waals surface area contributed by atoms with Gasteiger partial charge in [0.25, 0.3) is 11.8 Å². The number of halogens is 4. The number of phenols is 2. The summed E-state index contributed by atoms with van der Waals surface area (Å²) in [7, 11) is 0. The van der Waals surface area contributed by atoms with E-state index in [2.05, 4.69) is 84.7 Å². The highest BCUT2D eigenvalue weighted by Crippen LogP contribution is 2.42. The zero-order valence-corrected chi connectivity index (χ0v) is 32.2. The third-order valence-electron chi connectivity index (χ3n) is 7.52. The van der Waals surface area contributed by atoms with Crippen molar-refractivity contribution >= 4 is 87.0 Å². The molecule has 16 heteroatoms. The molecule has 3 aliphatic heterocycles. The largest absolute Gasteiger partial charge is 0.503 e. The van der Waals surface area contributed by atoms with E-state index in [-0.39, 0.29) is 64.8 Å². The number of aromatic hydroxyl groups is 2. The molecule has 0 aliphatic carbocycles. The summed E-state index contributed by atoms with van der Waals surface area (Å²) in [5, 5.41) is 52.7. The molecular formula is C34H28Br4N4O8. The molecule has 0 spiro atoms. The van der Waals surface area contributed by atoms with E-state index < -0.39 is 11.8 Å². The van der Waals surface area contributed by atoms with E-state index in [9.17, 15) is 30.2 Å². The zero-order chi connectivity index (χ0) is 35.9. The average molecular weight is 940 g/mol. The second kappa shape index (κ2) is 16.7. The van der Waals surface area contributed by atoms with Crippen LogP contribution >= 0.6 is 63.7 Å². The number of nitrogens with one attached hydrogen (secondary N) is 2. The molecule has 7 rings (SSSR count). The van der Waals surface area contributed by atoms with Gasteiger partial charge in [-0.25, -0.2) is 0 Å². The number of hydrogen-bond donors (Lipinski definition) is 6. The second-order valence-electron chi connectivity index (χ2n) is 11.0. The molecule has 50 heavy (non-hydrogen) atoms. The van der Waals surface area contributed by atoms with Gasteiger partial charge in [0.05, 0.1) is 17.9 Å². The summed E-state index contributed by atoms with van der Waals surface area (Å²) in [6.07, 6.45) is 0.733. The van der Waals surface area contributed by atoms with Crippen molar-refractivity contribution in [2.45, 2.75) is 25.7 Å². The van der Waals surface area contributed by atoms with E-state index in [0.717, 1.165) is 11.1 Å². The summed E-state index contributed by atoms with van der Waals surface area (Å²) in [6.45, 7) is 0.434. The minimum Gasteiger partial charge on any atom is -0.503 e. The van der Waals surface area contributed by atoms with Crippen LogP contribution in [-0.2, 0) is 35.3 Å². The quantitative estimate of drug-likeness (QED) is 0.0774. The van der Waals surface area contributed by atoms with Gasteiger partial charge in [0.1, 0.15) is 22.9 Å². The van der Waals surface area contributed by atoms with Crippen molar-refractivity contribution in [3.63, 3.8) is 0 Å². The van der Waals surface area contributed by atoms with Gasteiger partial charge in [-0.3, -0.25) is 9.59 Å². The Hall–Kier alpha value is -4.12. The smallest absolute Gasteiger partial charge is 0.269 e. The number of carbonyl (C=O) groups is 2. The van der Waals surface area contributed by atoms with Crippen LogP contribution < -0.4 is 20.1 Å². The first-order valence-electron chi connectivity index (χ1n) is 14.9. The molecule has 8 bridgehead atoms. The Morgan fingerprint density at radius 3 is 1.48 bits per heavy atom. The van der Waals surface area contributed by atoms with Crippen molar-refractivity contribution in [1.29, 1.82) is 0 Å². The lowest BCUT2D eigenvalue weighted by Crippen LogP contribution is -2.33. The molecule has 3 aliphatic rings. The van der Waals surface area contributed by atoms with Gasteiger partial charge in [0, 0.05) is 25.9 Å². The predicted octanol–water partition coefficient (Wildman–Crippen LogP) is 7.51. The van der Waals surface area contributed by atoms with Crippen LogP contribution in [0.25, 0.3) is 0 Å². The highest BCUT2D eigenvalue weighted by molar-refractivity contribution is 9.11. The number of hydrogen-bond acceptors (Lipinski definition) is 10. The molecule has 4 aromatic carbocycles. The van der Waals surface area contributed by atoms with Crippen molar-refractivity contribution < 1.29 is 39.7 Å². The number of nitrogens with zero attached hydrogens (tertiary/aromatic N) is 2. The monoisotopic (exact) mass is 936 g/mol. The van der Waals surface area contributed by atoms with Gasteiger partial charge < -0.3 is 40.7 Å². The highest BCUT2D eigenvalue weighted by Gasteiger charge is 2.20. The number of carbonyl (C=O) groups excluding carboxylic acids is 2. The number of rotatable bonds is 0. The van der Waals surface area contributed by atoms with Gasteiger partial charge in [0.2, 0.25) is 0 Å². The predicted molar refractivity (Wildman–Crippen MR) is 199 cm³/mol. The molecular weight excluding hydrogens is 912 g/mol. The lowest BCUT2D eigenvalue weighted by Gasteiger charge is -2.15.